The van der Waals surface area contributed by atoms with Crippen LogP contribution < -0.4 is 21.9 Å². The zero-order chi connectivity index (χ0) is 17.0. The molecule has 22 heavy (non-hydrogen) atoms. The molecule has 9 nitrogen and oxygen atoms in total. The van der Waals surface area contributed by atoms with Gasteiger partial charge in [-0.2, -0.15) is 4.99 Å². The predicted molar refractivity (Wildman–Crippen MR) is 80.0 cm³/mol. The van der Waals surface area contributed by atoms with Crippen molar-refractivity contribution in [2.24, 2.45) is 4.99 Å². The summed E-state index contributed by atoms with van der Waals surface area (Å²) in [5.41, 5.74) is 5.94. The molecule has 1 aromatic heterocycles. The molecule has 0 spiro atoms. The fraction of sp³-hybridized carbons (Fsp3) is 0.308. The Morgan fingerprint density at radius 2 is 1.50 bits per heavy atom. The molecule has 0 bridgehead atoms. The van der Waals surface area contributed by atoms with E-state index in [-0.39, 0.29) is 22.7 Å². The molecule has 1 heterocycles. The van der Waals surface area contributed by atoms with Crippen molar-refractivity contribution in [2.75, 3.05) is 16.4 Å². The second kappa shape index (κ2) is 6.66. The zero-order valence-electron chi connectivity index (χ0n) is 12.7. The van der Waals surface area contributed by atoms with Gasteiger partial charge in [-0.1, -0.05) is 0 Å². The zero-order valence-corrected chi connectivity index (χ0v) is 12.7. The molecule has 4 N–H and O–H groups in total. The normalized spacial score (nSPS) is 11.0. The number of rotatable bonds is 2. The third kappa shape index (κ3) is 4.01. The Kier molecular flexibility index (Phi) is 5.17. The number of nitrogens with one attached hydrogen (secondary N) is 2. The summed E-state index contributed by atoms with van der Waals surface area (Å²) >= 11 is 0. The molecule has 0 aliphatic carbocycles. The number of carbonyl (C=O) groups is 4. The molecule has 0 saturated heterocycles. The van der Waals surface area contributed by atoms with Gasteiger partial charge in [0.2, 0.25) is 23.6 Å². The third-order valence-corrected chi connectivity index (χ3v) is 2.46. The number of amides is 3. The number of pyridine rings is 1. The number of nitrogens with zero attached hydrogens (tertiary/aromatic N) is 2. The first-order valence-electron chi connectivity index (χ1n) is 6.30. The average Bonchev–Trinajstić information content (AvgIpc) is 2.32. The number of nitrogen functional groups attached to an aromatic ring is 1. The molecule has 0 aliphatic heterocycles. The van der Waals surface area contributed by atoms with Crippen LogP contribution in [0.1, 0.15) is 32.5 Å². The van der Waals surface area contributed by atoms with Gasteiger partial charge >= 0.3 is 0 Å². The Hall–Kier alpha value is -2.97. The van der Waals surface area contributed by atoms with Crippen LogP contribution in [0, 0.1) is 0 Å². The van der Waals surface area contributed by atoms with Gasteiger partial charge in [0.1, 0.15) is 5.82 Å². The van der Waals surface area contributed by atoms with E-state index in [9.17, 15) is 19.2 Å². The van der Waals surface area contributed by atoms with Gasteiger partial charge in [-0.15, -0.1) is 0 Å². The maximum atomic E-state index is 11.8. The highest BCUT2D eigenvalue weighted by Gasteiger charge is 2.16. The molecule has 0 radical (unpaired) electrons. The van der Waals surface area contributed by atoms with Crippen LogP contribution >= 0.6 is 0 Å². The second-order valence-electron chi connectivity index (χ2n) is 4.53. The topological polar surface area (TPSA) is 136 Å². The molecular formula is C13H17N5O4. The Bertz CT molecular complexity index is 733. The van der Waals surface area contributed by atoms with Gasteiger partial charge in [-0.05, 0) is 6.07 Å². The molecule has 0 fully saturated rings. The number of anilines is 3. The van der Waals surface area contributed by atoms with Crippen LogP contribution in [0.4, 0.5) is 17.2 Å². The number of carbonyl (C=O) groups excluding carboxylic acids is 4. The molecule has 0 unspecified atom stereocenters. The Morgan fingerprint density at radius 1 is 1.00 bits per heavy atom. The summed E-state index contributed by atoms with van der Waals surface area (Å²) in [5.74, 6) is -2.05. The second-order valence-corrected chi connectivity index (χ2v) is 4.53. The highest BCUT2D eigenvalue weighted by molar-refractivity contribution is 5.96. The molecule has 0 aliphatic rings. The van der Waals surface area contributed by atoms with E-state index in [1.807, 2.05) is 0 Å². The van der Waals surface area contributed by atoms with Crippen LogP contribution in [0.5, 0.6) is 0 Å². The standard InChI is InChI=1S/C13H17N5O4/c1-6(19)15-10-5-11(16-7(2)20)13(17-8(3)21)18(9(4)22)12(10)14/h5H,14H2,1-4H3,(H,15,19)(H,16,20). The third-order valence-electron chi connectivity index (χ3n) is 2.46. The summed E-state index contributed by atoms with van der Waals surface area (Å²) in [5, 5.41) is 4.90. The van der Waals surface area contributed by atoms with E-state index in [0.717, 1.165) is 4.57 Å². The molecular weight excluding hydrogens is 290 g/mol. The van der Waals surface area contributed by atoms with Crippen molar-refractivity contribution >= 4 is 40.8 Å². The van der Waals surface area contributed by atoms with Gasteiger partial charge in [0.25, 0.3) is 0 Å². The Morgan fingerprint density at radius 3 is 1.91 bits per heavy atom. The van der Waals surface area contributed by atoms with Gasteiger partial charge in [0.05, 0.1) is 11.4 Å². The van der Waals surface area contributed by atoms with Crippen LogP contribution in [-0.2, 0) is 14.4 Å². The Labute approximate surface area is 126 Å². The molecule has 0 atom stereocenters. The summed E-state index contributed by atoms with van der Waals surface area (Å²) in [6, 6.07) is 1.33. The molecule has 0 saturated carbocycles. The van der Waals surface area contributed by atoms with Crippen molar-refractivity contribution in [3.8, 4) is 0 Å². The first kappa shape index (κ1) is 17.1. The lowest BCUT2D eigenvalue weighted by atomic mass is 10.3. The van der Waals surface area contributed by atoms with Crippen molar-refractivity contribution in [2.45, 2.75) is 27.7 Å². The van der Waals surface area contributed by atoms with Crippen molar-refractivity contribution in [3.05, 3.63) is 11.6 Å². The lowest BCUT2D eigenvalue weighted by Gasteiger charge is -2.16. The van der Waals surface area contributed by atoms with Crippen LogP contribution in [0.15, 0.2) is 11.1 Å². The highest BCUT2D eigenvalue weighted by atomic mass is 16.2. The maximum absolute atomic E-state index is 11.8. The van der Waals surface area contributed by atoms with Crippen molar-refractivity contribution in [1.29, 1.82) is 0 Å². The molecule has 0 aromatic carbocycles. The van der Waals surface area contributed by atoms with Crippen LogP contribution in [0.2, 0.25) is 0 Å². The van der Waals surface area contributed by atoms with E-state index in [0.29, 0.717) is 0 Å². The molecule has 118 valence electrons. The summed E-state index contributed by atoms with van der Waals surface area (Å²) < 4.78 is 0.942. The van der Waals surface area contributed by atoms with E-state index >= 15 is 0 Å². The van der Waals surface area contributed by atoms with Gasteiger partial charge < -0.3 is 16.4 Å². The number of hydrogen-bond acceptors (Lipinski definition) is 5. The summed E-state index contributed by atoms with van der Waals surface area (Å²) in [6.07, 6.45) is 0. The highest BCUT2D eigenvalue weighted by Crippen LogP contribution is 2.20. The van der Waals surface area contributed by atoms with E-state index < -0.39 is 23.6 Å². The van der Waals surface area contributed by atoms with Gasteiger partial charge in [-0.25, -0.2) is 4.57 Å². The summed E-state index contributed by atoms with van der Waals surface area (Å²) in [6.45, 7) is 4.93. The quantitative estimate of drug-likeness (QED) is 0.711. The lowest BCUT2D eigenvalue weighted by Crippen LogP contribution is -2.33. The van der Waals surface area contributed by atoms with Crippen LogP contribution in [0.25, 0.3) is 0 Å². The van der Waals surface area contributed by atoms with E-state index in [1.54, 1.807) is 0 Å². The molecule has 1 aromatic rings. The monoisotopic (exact) mass is 307 g/mol. The number of aromatic nitrogens is 1. The average molecular weight is 307 g/mol. The summed E-state index contributed by atoms with van der Waals surface area (Å²) in [7, 11) is 0. The molecule has 1 rings (SSSR count). The minimum absolute atomic E-state index is 0.0795. The minimum Gasteiger partial charge on any atom is -0.383 e. The molecule has 9 heteroatoms. The van der Waals surface area contributed by atoms with Gasteiger partial charge in [-0.3, -0.25) is 19.2 Å². The van der Waals surface area contributed by atoms with Gasteiger partial charge in [0, 0.05) is 27.7 Å². The number of nitrogens with two attached hydrogens (primary N) is 1. The van der Waals surface area contributed by atoms with Gasteiger partial charge in [0.15, 0.2) is 5.49 Å². The predicted octanol–water partition coefficient (Wildman–Crippen LogP) is 0.0944. The SMILES string of the molecule is CC(=O)N=c1c(NC(C)=O)cc(NC(C)=O)c(N)n1C(C)=O. The smallest absolute Gasteiger partial charge is 0.244 e. The first-order valence-corrected chi connectivity index (χ1v) is 6.30. The van der Waals surface area contributed by atoms with E-state index in [4.69, 9.17) is 5.73 Å². The van der Waals surface area contributed by atoms with E-state index in [1.165, 1.54) is 33.8 Å². The lowest BCUT2D eigenvalue weighted by molar-refractivity contribution is -0.116. The number of hydrogen-bond donors (Lipinski definition) is 3. The minimum atomic E-state index is -0.576. The van der Waals surface area contributed by atoms with Crippen molar-refractivity contribution in [1.82, 2.24) is 4.57 Å². The van der Waals surface area contributed by atoms with Crippen LogP contribution in [-0.4, -0.2) is 28.2 Å². The molecule has 3 amide bonds. The van der Waals surface area contributed by atoms with Crippen molar-refractivity contribution in [3.63, 3.8) is 0 Å². The fourth-order valence-corrected chi connectivity index (χ4v) is 1.79. The van der Waals surface area contributed by atoms with E-state index in [2.05, 4.69) is 15.6 Å². The first-order chi connectivity index (χ1) is 10.1. The Balaban J connectivity index is 3.82. The summed E-state index contributed by atoms with van der Waals surface area (Å²) in [4.78, 5) is 49.3. The van der Waals surface area contributed by atoms with Crippen LogP contribution in [0.3, 0.4) is 0 Å². The van der Waals surface area contributed by atoms with Crippen molar-refractivity contribution < 1.29 is 19.2 Å². The fourth-order valence-electron chi connectivity index (χ4n) is 1.79. The largest absolute Gasteiger partial charge is 0.383 e. The maximum Gasteiger partial charge on any atom is 0.244 e.